The molecule has 4 rings (SSSR count). The zero-order chi connectivity index (χ0) is 23.9. The van der Waals surface area contributed by atoms with Crippen LogP contribution in [0.25, 0.3) is 17.0 Å². The van der Waals surface area contributed by atoms with Gasteiger partial charge in [-0.25, -0.2) is 4.68 Å². The van der Waals surface area contributed by atoms with Gasteiger partial charge in [-0.3, -0.25) is 24.4 Å². The van der Waals surface area contributed by atoms with Crippen LogP contribution in [0.2, 0.25) is 0 Å². The van der Waals surface area contributed by atoms with Gasteiger partial charge in [0.05, 0.1) is 11.3 Å². The first kappa shape index (κ1) is 22.5. The summed E-state index contributed by atoms with van der Waals surface area (Å²) < 4.78 is 3.10. The van der Waals surface area contributed by atoms with Gasteiger partial charge in [0.15, 0.2) is 12.4 Å². The lowest BCUT2D eigenvalue weighted by molar-refractivity contribution is -0.577. The molecule has 1 aliphatic rings. The maximum absolute atomic E-state index is 13.7. The summed E-state index contributed by atoms with van der Waals surface area (Å²) in [7, 11) is 0. The number of nitrogens with zero attached hydrogens (tertiary/aromatic N) is 3. The highest BCUT2D eigenvalue weighted by Crippen LogP contribution is 2.32. The molecule has 1 aromatic carbocycles. The molecule has 0 radical (unpaired) electrons. The first-order chi connectivity index (χ1) is 15.7. The molecular weight excluding hydrogens is 416 g/mol. The first-order valence-electron chi connectivity index (χ1n) is 11.2. The molecule has 170 valence electrons. The maximum Gasteiger partial charge on any atom is 0.326 e. The van der Waals surface area contributed by atoms with E-state index in [1.54, 1.807) is 17.0 Å². The van der Waals surface area contributed by atoms with E-state index < -0.39 is 5.91 Å². The number of pyridine rings is 1. The molecule has 0 unspecified atom stereocenters. The Hall–Kier alpha value is -3.74. The summed E-state index contributed by atoms with van der Waals surface area (Å²) in [5.41, 5.74) is 2.49. The number of para-hydroxylation sites is 1. The van der Waals surface area contributed by atoms with Crippen LogP contribution in [-0.2, 0) is 9.59 Å². The van der Waals surface area contributed by atoms with Gasteiger partial charge < -0.3 is 0 Å². The van der Waals surface area contributed by atoms with E-state index in [2.05, 4.69) is 5.10 Å². The largest absolute Gasteiger partial charge is 0.326 e. The third-order valence-electron chi connectivity index (χ3n) is 5.66. The molecule has 2 amide bonds. The molecule has 1 aliphatic heterocycles. The standard InChI is InChI=1S/C26H28N4O3/c1-16(2)14-29-24(31)21(23(26(29)33)28-13-9-10-18(5)15-28)20-22(17(3)4)27-30(25(20)32)19-11-7-6-8-12-19/h6-13,15-17H,14H2,1-5H3/p+1. The molecule has 0 bridgehead atoms. The van der Waals surface area contributed by atoms with Gasteiger partial charge in [0.1, 0.15) is 5.57 Å². The van der Waals surface area contributed by atoms with Crippen molar-refractivity contribution in [1.29, 1.82) is 0 Å². The zero-order valence-corrected chi connectivity index (χ0v) is 19.6. The second kappa shape index (κ2) is 8.65. The predicted molar refractivity (Wildman–Crippen MR) is 127 cm³/mol. The van der Waals surface area contributed by atoms with Gasteiger partial charge in [-0.05, 0) is 37.0 Å². The number of amides is 2. The summed E-state index contributed by atoms with van der Waals surface area (Å²) in [5, 5.41) is 3.20. The van der Waals surface area contributed by atoms with Crippen LogP contribution in [0.3, 0.4) is 0 Å². The summed E-state index contributed by atoms with van der Waals surface area (Å²) in [6.45, 7) is 10.0. The number of hydrogen-bond donors (Lipinski definition) is 1. The lowest BCUT2D eigenvalue weighted by atomic mass is 9.98. The van der Waals surface area contributed by atoms with Crippen molar-refractivity contribution in [3.63, 3.8) is 0 Å². The second-order valence-corrected chi connectivity index (χ2v) is 9.16. The third kappa shape index (κ3) is 3.95. The molecule has 0 saturated carbocycles. The Kier molecular flexibility index (Phi) is 5.89. The molecule has 0 aliphatic carbocycles. The van der Waals surface area contributed by atoms with Crippen molar-refractivity contribution in [3.8, 4) is 5.69 Å². The summed E-state index contributed by atoms with van der Waals surface area (Å²) in [6.07, 6.45) is 3.54. The fourth-order valence-electron chi connectivity index (χ4n) is 4.16. The molecule has 7 heteroatoms. The smallest absolute Gasteiger partial charge is 0.294 e. The normalized spacial score (nSPS) is 14.3. The number of carbonyl (C=O) groups is 2. The van der Waals surface area contributed by atoms with Gasteiger partial charge in [0.25, 0.3) is 17.2 Å². The van der Waals surface area contributed by atoms with Crippen LogP contribution < -0.4 is 10.1 Å². The quantitative estimate of drug-likeness (QED) is 0.467. The molecular formula is C26H29N4O3+. The van der Waals surface area contributed by atoms with Crippen LogP contribution in [0.15, 0.2) is 59.7 Å². The van der Waals surface area contributed by atoms with Crippen molar-refractivity contribution in [2.24, 2.45) is 5.92 Å². The lowest BCUT2D eigenvalue weighted by Gasteiger charge is -2.16. The number of aryl methyl sites for hydroxylation is 1. The molecule has 7 nitrogen and oxygen atoms in total. The fraction of sp³-hybridized carbons (Fsp3) is 0.308. The van der Waals surface area contributed by atoms with Crippen LogP contribution in [0, 0.1) is 12.8 Å². The van der Waals surface area contributed by atoms with Gasteiger partial charge in [0, 0.05) is 23.9 Å². The number of aromatic amines is 1. The highest BCUT2D eigenvalue weighted by molar-refractivity contribution is 6.44. The van der Waals surface area contributed by atoms with E-state index in [0.29, 0.717) is 11.4 Å². The molecule has 0 spiro atoms. The molecule has 0 saturated heterocycles. The van der Waals surface area contributed by atoms with Gasteiger partial charge in [-0.1, -0.05) is 45.9 Å². The minimum Gasteiger partial charge on any atom is -0.294 e. The molecule has 3 heterocycles. The second-order valence-electron chi connectivity index (χ2n) is 9.16. The number of imide groups is 1. The molecule has 1 N–H and O–H groups in total. The highest BCUT2D eigenvalue weighted by atomic mass is 16.2. The Morgan fingerprint density at radius 3 is 2.24 bits per heavy atom. The average Bonchev–Trinajstić information content (AvgIpc) is 3.23. The van der Waals surface area contributed by atoms with Crippen molar-refractivity contribution in [2.75, 3.05) is 6.54 Å². The summed E-state index contributed by atoms with van der Waals surface area (Å²) in [5.74, 6) is -0.800. The van der Waals surface area contributed by atoms with E-state index in [0.717, 1.165) is 5.56 Å². The Bertz CT molecular complexity index is 1310. The topological polar surface area (TPSA) is 79.1 Å². The minimum absolute atomic E-state index is 0.0732. The number of benzene rings is 1. The van der Waals surface area contributed by atoms with Crippen LogP contribution in [0.1, 0.15) is 50.4 Å². The summed E-state index contributed by atoms with van der Waals surface area (Å²) in [4.78, 5) is 42.2. The third-order valence-corrected chi connectivity index (χ3v) is 5.66. The monoisotopic (exact) mass is 445 g/mol. The number of nitrogens with one attached hydrogen (secondary N) is 1. The van der Waals surface area contributed by atoms with Crippen molar-refractivity contribution >= 4 is 23.1 Å². The van der Waals surface area contributed by atoms with E-state index in [1.807, 2.05) is 77.1 Å². The van der Waals surface area contributed by atoms with E-state index in [9.17, 15) is 14.4 Å². The molecule has 2 aromatic heterocycles. The number of H-pyrrole nitrogens is 1. The van der Waals surface area contributed by atoms with Gasteiger partial charge in [-0.15, -0.1) is 0 Å². The Morgan fingerprint density at radius 2 is 1.64 bits per heavy atom. The lowest BCUT2D eigenvalue weighted by Crippen LogP contribution is -2.41. The van der Waals surface area contributed by atoms with Crippen LogP contribution in [0.5, 0.6) is 0 Å². The van der Waals surface area contributed by atoms with Crippen LogP contribution in [0.4, 0.5) is 0 Å². The number of hydrogen-bond acceptors (Lipinski definition) is 3. The van der Waals surface area contributed by atoms with Crippen LogP contribution >= 0.6 is 0 Å². The minimum atomic E-state index is -0.434. The molecule has 0 atom stereocenters. The Balaban J connectivity index is 2.03. The fourth-order valence-corrected chi connectivity index (χ4v) is 4.16. The molecule has 0 fully saturated rings. The number of carbonyl (C=O) groups excluding carboxylic acids is 2. The number of aromatic nitrogens is 3. The predicted octanol–water partition coefficient (Wildman–Crippen LogP) is 3.28. The SMILES string of the molecule is Cc1ccc[n+](C2=C(c3c(C(C)C)[nH]n(-c4ccccc4)c3=O)C(=O)N(CC(C)C)C2=O)c1. The summed E-state index contributed by atoms with van der Waals surface area (Å²) in [6, 6.07) is 13.0. The Labute approximate surface area is 193 Å². The van der Waals surface area contributed by atoms with Gasteiger partial charge in [-0.2, -0.15) is 4.57 Å². The van der Waals surface area contributed by atoms with Gasteiger partial charge >= 0.3 is 5.91 Å². The van der Waals surface area contributed by atoms with E-state index in [-0.39, 0.29) is 46.7 Å². The molecule has 33 heavy (non-hydrogen) atoms. The Morgan fingerprint density at radius 1 is 0.939 bits per heavy atom. The summed E-state index contributed by atoms with van der Waals surface area (Å²) >= 11 is 0. The number of rotatable bonds is 6. The first-order valence-corrected chi connectivity index (χ1v) is 11.2. The van der Waals surface area contributed by atoms with E-state index >= 15 is 0 Å². The van der Waals surface area contributed by atoms with E-state index in [4.69, 9.17) is 0 Å². The van der Waals surface area contributed by atoms with Crippen molar-refractivity contribution in [1.82, 2.24) is 14.7 Å². The highest BCUT2D eigenvalue weighted by Gasteiger charge is 2.47. The van der Waals surface area contributed by atoms with Crippen molar-refractivity contribution in [2.45, 2.75) is 40.5 Å². The van der Waals surface area contributed by atoms with Crippen LogP contribution in [-0.4, -0.2) is 33.0 Å². The van der Waals surface area contributed by atoms with Gasteiger partial charge in [0.2, 0.25) is 0 Å². The van der Waals surface area contributed by atoms with E-state index in [1.165, 1.54) is 9.58 Å². The maximum atomic E-state index is 13.7. The molecule has 3 aromatic rings. The average molecular weight is 446 g/mol. The zero-order valence-electron chi connectivity index (χ0n) is 19.6. The van der Waals surface area contributed by atoms with Crippen molar-refractivity contribution in [3.05, 3.63) is 82.0 Å². The van der Waals surface area contributed by atoms with Crippen molar-refractivity contribution < 1.29 is 14.2 Å².